The largest absolute Gasteiger partial charge is 0.398 e. The van der Waals surface area contributed by atoms with Crippen molar-refractivity contribution in [3.8, 4) is 0 Å². The van der Waals surface area contributed by atoms with Crippen molar-refractivity contribution in [1.29, 1.82) is 0 Å². The minimum Gasteiger partial charge on any atom is -0.398 e. The monoisotopic (exact) mass is 283 g/mol. The van der Waals surface area contributed by atoms with Crippen LogP contribution in [-0.4, -0.2) is 36.3 Å². The number of benzene rings is 1. The summed E-state index contributed by atoms with van der Waals surface area (Å²) < 4.78 is 0. The minimum absolute atomic E-state index is 0. The summed E-state index contributed by atoms with van der Waals surface area (Å²) >= 11 is 0. The third kappa shape index (κ3) is 3.86. The number of nitrogens with zero attached hydrogens (tertiary/aromatic N) is 1. The molecule has 1 aromatic carbocycles. The Hall–Kier alpha value is -1.75. The number of nitrogens with two attached hydrogens (primary N) is 1. The first kappa shape index (κ1) is 15.3. The molecule has 0 spiro atoms. The third-order valence-corrected chi connectivity index (χ3v) is 3.06. The summed E-state index contributed by atoms with van der Waals surface area (Å²) in [5, 5.41) is 2.61. The van der Waals surface area contributed by atoms with Gasteiger partial charge in [0.2, 0.25) is 5.91 Å². The molecular weight excluding hydrogens is 266 g/mol. The van der Waals surface area contributed by atoms with Crippen LogP contribution in [0.25, 0.3) is 0 Å². The maximum absolute atomic E-state index is 11.8. The molecule has 0 bridgehead atoms. The Kier molecular flexibility index (Phi) is 5.63. The summed E-state index contributed by atoms with van der Waals surface area (Å²) in [6.07, 6.45) is 2.09. The molecule has 1 aliphatic heterocycles. The van der Waals surface area contributed by atoms with Crippen LogP contribution in [0.3, 0.4) is 0 Å². The van der Waals surface area contributed by atoms with Gasteiger partial charge in [-0.2, -0.15) is 0 Å². The molecule has 2 rings (SSSR count). The zero-order valence-electron chi connectivity index (χ0n) is 10.6. The van der Waals surface area contributed by atoms with Gasteiger partial charge >= 0.3 is 0 Å². The lowest BCUT2D eigenvalue weighted by Gasteiger charge is -2.15. The van der Waals surface area contributed by atoms with Gasteiger partial charge in [-0.05, 0) is 25.0 Å². The van der Waals surface area contributed by atoms with Crippen LogP contribution < -0.4 is 11.1 Å². The quantitative estimate of drug-likeness (QED) is 0.814. The van der Waals surface area contributed by atoms with Crippen LogP contribution in [-0.2, 0) is 4.79 Å². The Morgan fingerprint density at radius 3 is 2.47 bits per heavy atom. The number of carbonyl (C=O) groups excluding carboxylic acids is 2. The van der Waals surface area contributed by atoms with E-state index in [1.807, 2.05) is 0 Å². The molecule has 0 atom stereocenters. The average Bonchev–Trinajstić information content (AvgIpc) is 2.90. The molecule has 0 unspecified atom stereocenters. The molecule has 104 valence electrons. The van der Waals surface area contributed by atoms with E-state index in [0.717, 1.165) is 25.9 Å². The number of carbonyl (C=O) groups is 2. The number of rotatable bonds is 3. The van der Waals surface area contributed by atoms with Crippen LogP contribution in [0, 0.1) is 0 Å². The van der Waals surface area contributed by atoms with Crippen molar-refractivity contribution in [3.05, 3.63) is 29.8 Å². The zero-order valence-corrected chi connectivity index (χ0v) is 11.4. The molecule has 1 aliphatic rings. The summed E-state index contributed by atoms with van der Waals surface area (Å²) in [5.74, 6) is -0.337. The second-order valence-electron chi connectivity index (χ2n) is 4.36. The van der Waals surface area contributed by atoms with Crippen LogP contribution in [0.15, 0.2) is 24.3 Å². The standard InChI is InChI=1S/C13H17N3O2.ClH/c14-11-6-2-1-5-10(11)13(18)15-9-12(17)16-7-3-4-8-16;/h1-2,5-6H,3-4,7-9,14H2,(H,15,18);1H. The van der Waals surface area contributed by atoms with E-state index in [1.165, 1.54) is 0 Å². The van der Waals surface area contributed by atoms with Crippen LogP contribution >= 0.6 is 12.4 Å². The lowest BCUT2D eigenvalue weighted by molar-refractivity contribution is -0.129. The van der Waals surface area contributed by atoms with E-state index in [9.17, 15) is 9.59 Å². The first-order chi connectivity index (χ1) is 8.68. The molecule has 1 saturated heterocycles. The predicted molar refractivity (Wildman–Crippen MR) is 76.2 cm³/mol. The van der Waals surface area contributed by atoms with Crippen molar-refractivity contribution in [2.75, 3.05) is 25.4 Å². The van der Waals surface area contributed by atoms with E-state index in [1.54, 1.807) is 29.2 Å². The maximum atomic E-state index is 11.8. The fourth-order valence-corrected chi connectivity index (χ4v) is 2.03. The maximum Gasteiger partial charge on any atom is 0.253 e. The highest BCUT2D eigenvalue weighted by Crippen LogP contribution is 2.10. The van der Waals surface area contributed by atoms with Gasteiger partial charge in [0.05, 0.1) is 12.1 Å². The zero-order chi connectivity index (χ0) is 13.0. The van der Waals surface area contributed by atoms with Gasteiger partial charge in [0.1, 0.15) is 0 Å². The predicted octanol–water partition coefficient (Wildman–Crippen LogP) is 1.04. The number of likely N-dealkylation sites (tertiary alicyclic amines) is 1. The Bertz CT molecular complexity index is 459. The van der Waals surface area contributed by atoms with E-state index < -0.39 is 0 Å². The van der Waals surface area contributed by atoms with Crippen molar-refractivity contribution in [3.63, 3.8) is 0 Å². The number of anilines is 1. The first-order valence-corrected chi connectivity index (χ1v) is 6.09. The molecule has 2 amide bonds. The molecule has 19 heavy (non-hydrogen) atoms. The molecule has 0 aromatic heterocycles. The fourth-order valence-electron chi connectivity index (χ4n) is 2.03. The van der Waals surface area contributed by atoms with E-state index >= 15 is 0 Å². The average molecular weight is 284 g/mol. The topological polar surface area (TPSA) is 75.4 Å². The van der Waals surface area contributed by atoms with Crippen molar-refractivity contribution in [1.82, 2.24) is 10.2 Å². The highest BCUT2D eigenvalue weighted by Gasteiger charge is 2.18. The number of amides is 2. The van der Waals surface area contributed by atoms with Crippen molar-refractivity contribution in [2.24, 2.45) is 0 Å². The van der Waals surface area contributed by atoms with Gasteiger partial charge in [0.15, 0.2) is 0 Å². The van der Waals surface area contributed by atoms with Gasteiger partial charge in [-0.15, -0.1) is 12.4 Å². The van der Waals surface area contributed by atoms with Gasteiger partial charge < -0.3 is 16.0 Å². The molecule has 3 N–H and O–H groups in total. The molecule has 1 fully saturated rings. The van der Waals surface area contributed by atoms with Crippen LogP contribution in [0.1, 0.15) is 23.2 Å². The number of nitrogen functional groups attached to an aromatic ring is 1. The second kappa shape index (κ2) is 6.99. The molecule has 0 saturated carbocycles. The van der Waals surface area contributed by atoms with Crippen LogP contribution in [0.2, 0.25) is 0 Å². The van der Waals surface area contributed by atoms with Gasteiger partial charge in [0.25, 0.3) is 5.91 Å². The molecule has 1 heterocycles. The van der Waals surface area contributed by atoms with Crippen molar-refractivity contribution >= 4 is 29.9 Å². The summed E-state index contributed by atoms with van der Waals surface area (Å²) in [7, 11) is 0. The summed E-state index contributed by atoms with van der Waals surface area (Å²) in [6.45, 7) is 1.62. The number of para-hydroxylation sites is 1. The smallest absolute Gasteiger partial charge is 0.253 e. The van der Waals surface area contributed by atoms with E-state index in [-0.39, 0.29) is 30.8 Å². The lowest BCUT2D eigenvalue weighted by atomic mass is 10.1. The number of nitrogens with one attached hydrogen (secondary N) is 1. The number of halogens is 1. The van der Waals surface area contributed by atoms with Gasteiger partial charge in [-0.25, -0.2) is 0 Å². The summed E-state index contributed by atoms with van der Waals surface area (Å²) in [4.78, 5) is 25.3. The molecule has 6 heteroatoms. The highest BCUT2D eigenvalue weighted by atomic mass is 35.5. The minimum atomic E-state index is -0.305. The number of hydrogen-bond acceptors (Lipinski definition) is 3. The highest BCUT2D eigenvalue weighted by molar-refractivity contribution is 6.00. The molecular formula is C13H18ClN3O2. The lowest BCUT2D eigenvalue weighted by Crippen LogP contribution is -2.38. The molecule has 0 radical (unpaired) electrons. The van der Waals surface area contributed by atoms with E-state index in [0.29, 0.717) is 11.3 Å². The van der Waals surface area contributed by atoms with E-state index in [2.05, 4.69) is 5.32 Å². The SMILES string of the molecule is Cl.Nc1ccccc1C(=O)NCC(=O)N1CCCC1. The molecule has 0 aliphatic carbocycles. The number of hydrogen-bond donors (Lipinski definition) is 2. The normalized spacial score (nSPS) is 13.8. The van der Waals surface area contributed by atoms with Crippen molar-refractivity contribution < 1.29 is 9.59 Å². The molecule has 1 aromatic rings. The van der Waals surface area contributed by atoms with E-state index in [4.69, 9.17) is 5.73 Å². The summed E-state index contributed by atoms with van der Waals surface area (Å²) in [6, 6.07) is 6.82. The Labute approximate surface area is 118 Å². The van der Waals surface area contributed by atoms with Gasteiger partial charge in [-0.3, -0.25) is 9.59 Å². The Morgan fingerprint density at radius 1 is 1.21 bits per heavy atom. The van der Waals surface area contributed by atoms with Crippen LogP contribution in [0.4, 0.5) is 5.69 Å². The fraction of sp³-hybridized carbons (Fsp3) is 0.385. The van der Waals surface area contributed by atoms with Crippen LogP contribution in [0.5, 0.6) is 0 Å². The van der Waals surface area contributed by atoms with Gasteiger partial charge in [-0.1, -0.05) is 12.1 Å². The first-order valence-electron chi connectivity index (χ1n) is 6.09. The van der Waals surface area contributed by atoms with Gasteiger partial charge in [0, 0.05) is 18.8 Å². The Balaban J connectivity index is 0.00000180. The Morgan fingerprint density at radius 2 is 1.84 bits per heavy atom. The van der Waals surface area contributed by atoms with Crippen molar-refractivity contribution in [2.45, 2.75) is 12.8 Å². The third-order valence-electron chi connectivity index (χ3n) is 3.06. The second-order valence-corrected chi connectivity index (χ2v) is 4.36. The summed E-state index contributed by atoms with van der Waals surface area (Å²) in [5.41, 5.74) is 6.52. The molecule has 5 nitrogen and oxygen atoms in total.